The van der Waals surface area contributed by atoms with Crippen LogP contribution in [0.4, 0.5) is 0 Å². The molecule has 2 aromatic heterocycles. The number of aliphatic hydroxyl groups excluding tert-OH is 1. The minimum atomic E-state index is -0.297. The summed E-state index contributed by atoms with van der Waals surface area (Å²) in [6, 6.07) is 8.71. The lowest BCUT2D eigenvalue weighted by Gasteiger charge is -2.37. The number of thiophene rings is 1. The van der Waals surface area contributed by atoms with Gasteiger partial charge in [-0.2, -0.15) is 0 Å². The predicted molar refractivity (Wildman–Crippen MR) is 87.5 cm³/mol. The van der Waals surface area contributed by atoms with Crippen LogP contribution in [0, 0.1) is 5.92 Å². The number of pyridine rings is 1. The summed E-state index contributed by atoms with van der Waals surface area (Å²) in [5.74, 6) is -0.0759. The van der Waals surface area contributed by atoms with Crippen LogP contribution in [0.1, 0.15) is 50.8 Å². The summed E-state index contributed by atoms with van der Waals surface area (Å²) in [5, 5.41) is 12.6. The summed E-state index contributed by atoms with van der Waals surface area (Å²) in [5.41, 5.74) is 0.793. The molecule has 0 saturated heterocycles. The highest BCUT2D eigenvalue weighted by Crippen LogP contribution is 2.37. The second kappa shape index (κ2) is 6.60. The number of nitrogens with one attached hydrogen (secondary N) is 1. The van der Waals surface area contributed by atoms with Gasteiger partial charge in [-0.05, 0) is 49.9 Å². The van der Waals surface area contributed by atoms with Crippen LogP contribution in [0.2, 0.25) is 0 Å². The molecule has 1 aliphatic carbocycles. The van der Waals surface area contributed by atoms with E-state index in [0.717, 1.165) is 5.69 Å². The number of nitrogens with zero attached hydrogens (tertiary/aromatic N) is 1. The Kier molecular flexibility index (Phi) is 4.54. The molecular formula is C17H18N2O3S. The first-order chi connectivity index (χ1) is 11.0. The van der Waals surface area contributed by atoms with Gasteiger partial charge >= 0.3 is 0 Å². The molecule has 1 fully saturated rings. The van der Waals surface area contributed by atoms with E-state index in [9.17, 15) is 14.7 Å². The minimum absolute atomic E-state index is 0.0440. The largest absolute Gasteiger partial charge is 0.393 e. The Balaban J connectivity index is 1.77. The molecule has 3 rings (SSSR count). The number of carbonyl (C=O) groups is 2. The summed E-state index contributed by atoms with van der Waals surface area (Å²) >= 11 is 1.19. The lowest BCUT2D eigenvalue weighted by Crippen LogP contribution is -2.41. The summed E-state index contributed by atoms with van der Waals surface area (Å²) in [6.45, 7) is 1.49. The highest BCUT2D eigenvalue weighted by molar-refractivity contribution is 7.15. The van der Waals surface area contributed by atoms with Crippen LogP contribution in [-0.2, 0) is 0 Å². The molecule has 0 spiro atoms. The van der Waals surface area contributed by atoms with Gasteiger partial charge < -0.3 is 10.4 Å². The normalized spacial score (nSPS) is 21.3. The molecule has 5 nitrogen and oxygen atoms in total. The molecule has 1 saturated carbocycles. The van der Waals surface area contributed by atoms with Crippen molar-refractivity contribution in [1.29, 1.82) is 0 Å². The van der Waals surface area contributed by atoms with Gasteiger partial charge in [-0.25, -0.2) is 0 Å². The second-order valence-corrected chi connectivity index (χ2v) is 6.89. The number of aromatic nitrogens is 1. The van der Waals surface area contributed by atoms with E-state index in [1.165, 1.54) is 18.3 Å². The number of amides is 1. The van der Waals surface area contributed by atoms with E-state index >= 15 is 0 Å². The zero-order chi connectivity index (χ0) is 16.4. The molecule has 2 heterocycles. The highest BCUT2D eigenvalue weighted by atomic mass is 32.1. The van der Waals surface area contributed by atoms with Gasteiger partial charge in [0.15, 0.2) is 5.78 Å². The van der Waals surface area contributed by atoms with Crippen LogP contribution in [0.5, 0.6) is 0 Å². The first-order valence-electron chi connectivity index (χ1n) is 7.55. The second-order valence-electron chi connectivity index (χ2n) is 5.81. The number of hydrogen-bond donors (Lipinski definition) is 2. The van der Waals surface area contributed by atoms with Crippen LogP contribution in [0.25, 0.3) is 0 Å². The zero-order valence-electron chi connectivity index (χ0n) is 12.7. The number of ketones is 1. The fourth-order valence-corrected chi connectivity index (χ4v) is 3.56. The molecule has 0 unspecified atom stereocenters. The number of aliphatic hydroxyl groups is 1. The first-order valence-corrected chi connectivity index (χ1v) is 8.37. The average molecular weight is 330 g/mol. The predicted octanol–water partition coefficient (Wildman–Crippen LogP) is 2.59. The Bertz CT molecular complexity index is 708. The molecular weight excluding hydrogens is 312 g/mol. The van der Waals surface area contributed by atoms with Crippen LogP contribution in [-0.4, -0.2) is 27.9 Å². The molecule has 6 heteroatoms. The summed E-state index contributed by atoms with van der Waals surface area (Å²) < 4.78 is 0. The van der Waals surface area contributed by atoms with Crippen molar-refractivity contribution in [3.8, 4) is 0 Å². The van der Waals surface area contributed by atoms with Crippen molar-refractivity contribution < 1.29 is 14.7 Å². The fraction of sp³-hybridized carbons (Fsp3) is 0.353. The van der Waals surface area contributed by atoms with Crippen molar-refractivity contribution in [2.45, 2.75) is 31.9 Å². The Labute approximate surface area is 138 Å². The molecule has 120 valence electrons. The Morgan fingerprint density at radius 2 is 2.00 bits per heavy atom. The number of rotatable bonds is 5. The maximum absolute atomic E-state index is 12.5. The third-order valence-electron chi connectivity index (χ3n) is 4.09. The van der Waals surface area contributed by atoms with Crippen LogP contribution >= 0.6 is 11.3 Å². The number of carbonyl (C=O) groups excluding carboxylic acids is 2. The van der Waals surface area contributed by atoms with Crippen molar-refractivity contribution >= 4 is 23.0 Å². The van der Waals surface area contributed by atoms with E-state index < -0.39 is 0 Å². The maximum atomic E-state index is 12.5. The van der Waals surface area contributed by atoms with E-state index in [4.69, 9.17) is 0 Å². The van der Waals surface area contributed by atoms with Crippen molar-refractivity contribution in [3.05, 3.63) is 52.0 Å². The monoisotopic (exact) mass is 330 g/mol. The zero-order valence-corrected chi connectivity index (χ0v) is 13.5. The average Bonchev–Trinajstić information content (AvgIpc) is 3.01. The quantitative estimate of drug-likeness (QED) is 0.826. The van der Waals surface area contributed by atoms with Crippen molar-refractivity contribution in [1.82, 2.24) is 10.3 Å². The van der Waals surface area contributed by atoms with E-state index in [-0.39, 0.29) is 29.8 Å². The standard InChI is InChI=1S/C17H18N2O3S/c1-10(20)14-5-6-15(23-14)17(22)19-16(11-8-12(21)9-11)13-4-2-3-7-18-13/h2-7,11-12,16,21H,8-9H2,1H3,(H,19,22)/t11?,12?,16-/m1/s1. The van der Waals surface area contributed by atoms with Gasteiger partial charge in [-0.1, -0.05) is 6.07 Å². The van der Waals surface area contributed by atoms with Crippen molar-refractivity contribution in [3.63, 3.8) is 0 Å². The van der Waals surface area contributed by atoms with Crippen molar-refractivity contribution in [2.24, 2.45) is 5.92 Å². The van der Waals surface area contributed by atoms with Gasteiger partial charge in [0.25, 0.3) is 5.91 Å². The van der Waals surface area contributed by atoms with Gasteiger partial charge in [0.2, 0.25) is 0 Å². The Morgan fingerprint density at radius 3 is 2.57 bits per heavy atom. The van der Waals surface area contributed by atoms with Gasteiger partial charge in [0, 0.05) is 6.20 Å². The molecule has 0 radical (unpaired) electrons. The molecule has 1 atom stereocenters. The Hall–Kier alpha value is -2.05. The lowest BCUT2D eigenvalue weighted by molar-refractivity contribution is 0.0228. The summed E-state index contributed by atoms with van der Waals surface area (Å²) in [4.78, 5) is 29.3. The van der Waals surface area contributed by atoms with E-state index in [0.29, 0.717) is 22.6 Å². The molecule has 0 bridgehead atoms. The summed E-state index contributed by atoms with van der Waals surface area (Å²) in [7, 11) is 0. The minimum Gasteiger partial charge on any atom is -0.393 e. The van der Waals surface area contributed by atoms with Gasteiger partial charge in [0.05, 0.1) is 27.6 Å². The topological polar surface area (TPSA) is 79.3 Å². The van der Waals surface area contributed by atoms with E-state index in [2.05, 4.69) is 10.3 Å². The van der Waals surface area contributed by atoms with Crippen LogP contribution in [0.3, 0.4) is 0 Å². The molecule has 0 aliphatic heterocycles. The third kappa shape index (κ3) is 3.48. The molecule has 1 aliphatic rings. The maximum Gasteiger partial charge on any atom is 0.261 e. The van der Waals surface area contributed by atoms with Gasteiger partial charge in [-0.3, -0.25) is 14.6 Å². The Morgan fingerprint density at radius 1 is 1.26 bits per heavy atom. The SMILES string of the molecule is CC(=O)c1ccc(C(=O)N[C@@H](c2ccccn2)C2CC(O)C2)s1. The first kappa shape index (κ1) is 15.8. The fourth-order valence-electron chi connectivity index (χ4n) is 2.76. The van der Waals surface area contributed by atoms with Crippen LogP contribution < -0.4 is 5.32 Å². The molecule has 2 N–H and O–H groups in total. The van der Waals surface area contributed by atoms with Crippen LogP contribution in [0.15, 0.2) is 36.5 Å². The van der Waals surface area contributed by atoms with E-state index in [1.54, 1.807) is 18.3 Å². The van der Waals surface area contributed by atoms with E-state index in [1.807, 2.05) is 18.2 Å². The third-order valence-corrected chi connectivity index (χ3v) is 5.28. The van der Waals surface area contributed by atoms with Gasteiger partial charge in [-0.15, -0.1) is 11.3 Å². The molecule has 23 heavy (non-hydrogen) atoms. The lowest BCUT2D eigenvalue weighted by atomic mass is 9.76. The smallest absolute Gasteiger partial charge is 0.261 e. The molecule has 2 aromatic rings. The summed E-state index contributed by atoms with van der Waals surface area (Å²) in [6.07, 6.45) is 2.71. The highest BCUT2D eigenvalue weighted by Gasteiger charge is 2.36. The van der Waals surface area contributed by atoms with Crippen molar-refractivity contribution in [2.75, 3.05) is 0 Å². The van der Waals surface area contributed by atoms with Gasteiger partial charge in [0.1, 0.15) is 0 Å². The molecule has 1 amide bonds. The number of hydrogen-bond acceptors (Lipinski definition) is 5. The molecule has 0 aromatic carbocycles. The number of Topliss-reactive ketones (excluding diaryl/α,β-unsaturated/α-hetero) is 1.